The minimum Gasteiger partial charge on any atom is -0.322 e. The summed E-state index contributed by atoms with van der Waals surface area (Å²) < 4.78 is 36.3. The van der Waals surface area contributed by atoms with E-state index in [0.717, 1.165) is 13.0 Å². The molecule has 7 heteroatoms. The van der Waals surface area contributed by atoms with E-state index in [4.69, 9.17) is 0 Å². The molecule has 0 aliphatic rings. The Kier molecular flexibility index (Phi) is 2.83. The summed E-state index contributed by atoms with van der Waals surface area (Å²) in [5.41, 5.74) is -2.35. The highest BCUT2D eigenvalue weighted by Gasteiger charge is 2.31. The first-order valence-electron chi connectivity index (χ1n) is 3.89. The zero-order chi connectivity index (χ0) is 11.6. The highest BCUT2D eigenvalue weighted by atomic mass is 19.4. The fraction of sp³-hybridized carbons (Fsp3) is 0.250. The van der Waals surface area contributed by atoms with Crippen LogP contribution in [0.1, 0.15) is 12.6 Å². The molecule has 1 rings (SSSR count). The van der Waals surface area contributed by atoms with E-state index < -0.39 is 23.3 Å². The Bertz CT molecular complexity index is 436. The molecule has 0 saturated heterocycles. The lowest BCUT2D eigenvalue weighted by molar-refractivity contribution is -0.141. The van der Waals surface area contributed by atoms with Crippen molar-refractivity contribution < 1.29 is 18.0 Å². The van der Waals surface area contributed by atoms with E-state index in [1.165, 1.54) is 0 Å². The van der Waals surface area contributed by atoms with Crippen molar-refractivity contribution in [3.05, 3.63) is 28.2 Å². The molecule has 1 heterocycles. The van der Waals surface area contributed by atoms with Crippen LogP contribution in [0, 0.1) is 0 Å². The number of aromatic nitrogens is 1. The molecule has 0 atom stereocenters. The van der Waals surface area contributed by atoms with E-state index in [1.54, 1.807) is 4.98 Å². The van der Waals surface area contributed by atoms with E-state index in [-0.39, 0.29) is 5.69 Å². The lowest BCUT2D eigenvalue weighted by Crippen LogP contribution is -2.21. The van der Waals surface area contributed by atoms with Crippen molar-refractivity contribution in [1.82, 2.24) is 4.98 Å². The summed E-state index contributed by atoms with van der Waals surface area (Å²) in [5.74, 6) is -0.528. The van der Waals surface area contributed by atoms with E-state index in [1.807, 2.05) is 0 Å². The predicted octanol–water partition coefficient (Wildman–Crippen LogP) is 1.35. The van der Waals surface area contributed by atoms with Gasteiger partial charge in [-0.1, -0.05) is 0 Å². The van der Waals surface area contributed by atoms with Crippen LogP contribution in [-0.2, 0) is 11.0 Å². The van der Waals surface area contributed by atoms with Gasteiger partial charge >= 0.3 is 6.18 Å². The quantitative estimate of drug-likeness (QED) is 0.750. The van der Waals surface area contributed by atoms with Gasteiger partial charge in [-0.25, -0.2) is 0 Å². The first-order valence-corrected chi connectivity index (χ1v) is 3.89. The largest absolute Gasteiger partial charge is 0.431 e. The van der Waals surface area contributed by atoms with E-state index >= 15 is 0 Å². The maximum atomic E-state index is 12.1. The number of H-pyrrole nitrogens is 1. The molecule has 0 radical (unpaired) electrons. The summed E-state index contributed by atoms with van der Waals surface area (Å²) in [6, 6.07) is 1.59. The smallest absolute Gasteiger partial charge is 0.322 e. The second kappa shape index (κ2) is 3.76. The Labute approximate surface area is 82.1 Å². The molecule has 4 nitrogen and oxygen atoms in total. The van der Waals surface area contributed by atoms with Crippen LogP contribution in [0.2, 0.25) is 0 Å². The van der Waals surface area contributed by atoms with Crippen molar-refractivity contribution >= 4 is 11.6 Å². The number of carbonyl (C=O) groups is 1. The van der Waals surface area contributed by atoms with E-state index in [2.05, 4.69) is 5.32 Å². The molecule has 1 aromatic heterocycles. The Morgan fingerprint density at radius 3 is 2.40 bits per heavy atom. The van der Waals surface area contributed by atoms with E-state index in [0.29, 0.717) is 6.07 Å². The SMILES string of the molecule is CC(=O)Nc1ccc(C(F)(F)F)[nH]c1=O. The lowest BCUT2D eigenvalue weighted by atomic mass is 10.3. The van der Waals surface area contributed by atoms with Gasteiger partial charge in [0.1, 0.15) is 11.4 Å². The number of anilines is 1. The van der Waals surface area contributed by atoms with Gasteiger partial charge in [-0.3, -0.25) is 9.59 Å². The number of pyridine rings is 1. The Morgan fingerprint density at radius 2 is 2.00 bits per heavy atom. The van der Waals surface area contributed by atoms with E-state index in [9.17, 15) is 22.8 Å². The summed E-state index contributed by atoms with van der Waals surface area (Å²) in [5, 5.41) is 2.10. The molecule has 82 valence electrons. The number of hydrogen-bond donors (Lipinski definition) is 2. The summed E-state index contributed by atoms with van der Waals surface area (Å²) in [7, 11) is 0. The summed E-state index contributed by atoms with van der Waals surface area (Å²) in [4.78, 5) is 23.2. The minimum absolute atomic E-state index is 0.212. The second-order valence-electron chi connectivity index (χ2n) is 2.79. The number of amides is 1. The van der Waals surface area contributed by atoms with Crippen molar-refractivity contribution in [3.63, 3.8) is 0 Å². The van der Waals surface area contributed by atoms with Crippen LogP contribution >= 0.6 is 0 Å². The average molecular weight is 220 g/mol. The number of rotatable bonds is 1. The molecule has 0 saturated carbocycles. The summed E-state index contributed by atoms with van der Waals surface area (Å²) >= 11 is 0. The fourth-order valence-electron chi connectivity index (χ4n) is 0.927. The Hall–Kier alpha value is -1.79. The molecule has 0 fully saturated rings. The van der Waals surface area contributed by atoms with Crippen LogP contribution in [0.15, 0.2) is 16.9 Å². The number of aromatic amines is 1. The second-order valence-corrected chi connectivity index (χ2v) is 2.79. The number of carbonyl (C=O) groups excluding carboxylic acids is 1. The predicted molar refractivity (Wildman–Crippen MR) is 46.4 cm³/mol. The number of hydrogen-bond acceptors (Lipinski definition) is 2. The summed E-state index contributed by atoms with van der Waals surface area (Å²) in [6.07, 6.45) is -4.60. The molecule has 0 aromatic carbocycles. The van der Waals surface area contributed by atoms with Crippen molar-refractivity contribution in [3.8, 4) is 0 Å². The van der Waals surface area contributed by atoms with Crippen LogP contribution < -0.4 is 10.9 Å². The molecule has 0 bridgehead atoms. The maximum absolute atomic E-state index is 12.1. The number of halogens is 3. The van der Waals surface area contributed by atoms with Crippen molar-refractivity contribution in [2.24, 2.45) is 0 Å². The molecule has 1 amide bonds. The van der Waals surface area contributed by atoms with Crippen LogP contribution in [0.4, 0.5) is 18.9 Å². The Morgan fingerprint density at radius 1 is 1.40 bits per heavy atom. The highest BCUT2D eigenvalue weighted by molar-refractivity contribution is 5.88. The fourth-order valence-corrected chi connectivity index (χ4v) is 0.927. The molecule has 0 aliphatic heterocycles. The van der Waals surface area contributed by atoms with Crippen molar-refractivity contribution in [1.29, 1.82) is 0 Å². The van der Waals surface area contributed by atoms with Gasteiger partial charge in [0, 0.05) is 6.92 Å². The monoisotopic (exact) mass is 220 g/mol. The molecular formula is C8H7F3N2O2. The molecule has 2 N–H and O–H groups in total. The van der Waals surface area contributed by atoms with Gasteiger partial charge in [-0.2, -0.15) is 13.2 Å². The lowest BCUT2D eigenvalue weighted by Gasteiger charge is -2.07. The number of nitrogens with one attached hydrogen (secondary N) is 2. The molecule has 15 heavy (non-hydrogen) atoms. The molecule has 1 aromatic rings. The topological polar surface area (TPSA) is 62.0 Å². The average Bonchev–Trinajstić information content (AvgIpc) is 2.05. The third kappa shape index (κ3) is 2.83. The normalized spacial score (nSPS) is 11.2. The molecule has 0 unspecified atom stereocenters. The maximum Gasteiger partial charge on any atom is 0.431 e. The van der Waals surface area contributed by atoms with Crippen molar-refractivity contribution in [2.45, 2.75) is 13.1 Å². The van der Waals surface area contributed by atoms with Gasteiger partial charge in [0.2, 0.25) is 5.91 Å². The van der Waals surface area contributed by atoms with Crippen LogP contribution in [0.3, 0.4) is 0 Å². The standard InChI is InChI=1S/C8H7F3N2O2/c1-4(14)12-5-2-3-6(8(9,10)11)13-7(5)15/h2-3H,1H3,(H,12,14)(H,13,15). The third-order valence-corrected chi connectivity index (χ3v) is 1.53. The molecular weight excluding hydrogens is 213 g/mol. The zero-order valence-electron chi connectivity index (χ0n) is 7.61. The molecule has 0 aliphatic carbocycles. The van der Waals surface area contributed by atoms with Gasteiger partial charge in [-0.05, 0) is 12.1 Å². The third-order valence-electron chi connectivity index (χ3n) is 1.53. The van der Waals surface area contributed by atoms with Crippen LogP contribution in [-0.4, -0.2) is 10.9 Å². The van der Waals surface area contributed by atoms with Crippen LogP contribution in [0.5, 0.6) is 0 Å². The van der Waals surface area contributed by atoms with Crippen molar-refractivity contribution in [2.75, 3.05) is 5.32 Å². The zero-order valence-corrected chi connectivity index (χ0v) is 7.61. The summed E-state index contributed by atoms with van der Waals surface area (Å²) in [6.45, 7) is 1.15. The first-order chi connectivity index (χ1) is 6.80. The molecule has 0 spiro atoms. The van der Waals surface area contributed by atoms with Gasteiger partial charge in [0.05, 0.1) is 0 Å². The highest BCUT2D eigenvalue weighted by Crippen LogP contribution is 2.26. The van der Waals surface area contributed by atoms with Gasteiger partial charge in [0.25, 0.3) is 5.56 Å². The minimum atomic E-state index is -4.60. The Balaban J connectivity index is 3.09. The van der Waals surface area contributed by atoms with Gasteiger partial charge < -0.3 is 10.3 Å². The first kappa shape index (κ1) is 11.3. The van der Waals surface area contributed by atoms with Crippen LogP contribution in [0.25, 0.3) is 0 Å². The number of alkyl halides is 3. The van der Waals surface area contributed by atoms with Gasteiger partial charge in [0.15, 0.2) is 0 Å². The van der Waals surface area contributed by atoms with Gasteiger partial charge in [-0.15, -0.1) is 0 Å².